The summed E-state index contributed by atoms with van der Waals surface area (Å²) in [6, 6.07) is 7.29. The summed E-state index contributed by atoms with van der Waals surface area (Å²) in [6.07, 6.45) is 2.55. The van der Waals surface area contributed by atoms with Gasteiger partial charge in [0.25, 0.3) is 5.91 Å². The van der Waals surface area contributed by atoms with Crippen LogP contribution in [0.3, 0.4) is 0 Å². The molecule has 6 heteroatoms. The maximum absolute atomic E-state index is 12.2. The lowest BCUT2D eigenvalue weighted by atomic mass is 10.2. The smallest absolute Gasteiger partial charge is 0.274 e. The SMILES string of the molecule is CCCNc1nccc(C(=O)Nc2ccc(Br)cc2C)n1. The minimum atomic E-state index is -0.248. The number of hydrogen-bond donors (Lipinski definition) is 2. The van der Waals surface area contributed by atoms with Crippen molar-refractivity contribution in [1.82, 2.24) is 9.97 Å². The van der Waals surface area contributed by atoms with Crippen LogP contribution in [0.5, 0.6) is 0 Å². The fraction of sp³-hybridized carbons (Fsp3) is 0.267. The molecule has 0 saturated carbocycles. The van der Waals surface area contributed by atoms with Gasteiger partial charge in [-0.3, -0.25) is 4.79 Å². The number of rotatable bonds is 5. The molecule has 1 heterocycles. The minimum Gasteiger partial charge on any atom is -0.354 e. The van der Waals surface area contributed by atoms with Gasteiger partial charge in [0.15, 0.2) is 0 Å². The Morgan fingerprint density at radius 3 is 2.86 bits per heavy atom. The standard InChI is InChI=1S/C15H17BrN4O/c1-3-7-17-15-18-8-6-13(20-15)14(21)19-12-5-4-11(16)9-10(12)2/h4-6,8-9H,3,7H2,1-2H3,(H,19,21)(H,17,18,20). The van der Waals surface area contributed by atoms with Crippen molar-refractivity contribution in [3.05, 3.63) is 46.2 Å². The highest BCUT2D eigenvalue weighted by Gasteiger charge is 2.10. The van der Waals surface area contributed by atoms with Gasteiger partial charge in [-0.05, 0) is 43.2 Å². The normalized spacial score (nSPS) is 10.2. The van der Waals surface area contributed by atoms with E-state index < -0.39 is 0 Å². The van der Waals surface area contributed by atoms with Gasteiger partial charge in [0, 0.05) is 22.9 Å². The second-order valence-corrected chi connectivity index (χ2v) is 5.52. The molecular weight excluding hydrogens is 332 g/mol. The molecule has 110 valence electrons. The molecule has 0 bridgehead atoms. The zero-order valence-corrected chi connectivity index (χ0v) is 13.6. The number of hydrogen-bond acceptors (Lipinski definition) is 4. The third kappa shape index (κ3) is 4.26. The summed E-state index contributed by atoms with van der Waals surface area (Å²) in [5, 5.41) is 5.92. The fourth-order valence-electron chi connectivity index (χ4n) is 1.76. The molecule has 1 aromatic heterocycles. The average molecular weight is 349 g/mol. The third-order valence-corrected chi connectivity index (χ3v) is 3.35. The van der Waals surface area contributed by atoms with Crippen LogP contribution in [0.1, 0.15) is 29.4 Å². The number of halogens is 1. The summed E-state index contributed by atoms with van der Waals surface area (Å²) in [6.45, 7) is 4.77. The van der Waals surface area contributed by atoms with Crippen LogP contribution < -0.4 is 10.6 Å². The molecule has 21 heavy (non-hydrogen) atoms. The van der Waals surface area contributed by atoms with Gasteiger partial charge in [0.2, 0.25) is 5.95 Å². The third-order valence-electron chi connectivity index (χ3n) is 2.86. The van der Waals surface area contributed by atoms with Crippen molar-refractivity contribution in [3.63, 3.8) is 0 Å². The zero-order valence-electron chi connectivity index (χ0n) is 12.0. The summed E-state index contributed by atoms with van der Waals surface area (Å²) in [7, 11) is 0. The van der Waals surface area contributed by atoms with Crippen LogP contribution in [-0.4, -0.2) is 22.4 Å². The molecule has 1 aromatic carbocycles. The van der Waals surface area contributed by atoms with Gasteiger partial charge in [0.05, 0.1) is 0 Å². The van der Waals surface area contributed by atoms with Crippen molar-refractivity contribution in [2.45, 2.75) is 20.3 Å². The Bertz CT molecular complexity index is 645. The van der Waals surface area contributed by atoms with Crippen molar-refractivity contribution in [2.75, 3.05) is 17.2 Å². The Kier molecular flexibility index (Phi) is 5.27. The van der Waals surface area contributed by atoms with Gasteiger partial charge >= 0.3 is 0 Å². The Balaban J connectivity index is 2.12. The van der Waals surface area contributed by atoms with Crippen LogP contribution in [-0.2, 0) is 0 Å². The van der Waals surface area contributed by atoms with Gasteiger partial charge in [-0.15, -0.1) is 0 Å². The molecule has 2 rings (SSSR count). The molecule has 2 aromatic rings. The molecule has 1 amide bonds. The van der Waals surface area contributed by atoms with E-state index in [9.17, 15) is 4.79 Å². The molecule has 0 atom stereocenters. The highest BCUT2D eigenvalue weighted by molar-refractivity contribution is 9.10. The lowest BCUT2D eigenvalue weighted by Crippen LogP contribution is -2.16. The molecule has 0 fully saturated rings. The molecule has 5 nitrogen and oxygen atoms in total. The van der Waals surface area contributed by atoms with Gasteiger partial charge in [-0.25, -0.2) is 9.97 Å². The number of carbonyl (C=O) groups excluding carboxylic acids is 1. The summed E-state index contributed by atoms with van der Waals surface area (Å²) in [4.78, 5) is 20.5. The molecule has 0 saturated heterocycles. The molecule has 0 aliphatic rings. The van der Waals surface area contributed by atoms with E-state index in [1.807, 2.05) is 25.1 Å². The first kappa shape index (κ1) is 15.4. The second kappa shape index (κ2) is 7.17. The molecule has 0 spiro atoms. The number of aromatic nitrogens is 2. The number of benzene rings is 1. The van der Waals surface area contributed by atoms with Gasteiger partial charge in [-0.2, -0.15) is 0 Å². The van der Waals surface area contributed by atoms with Gasteiger partial charge in [0.1, 0.15) is 5.69 Å². The largest absolute Gasteiger partial charge is 0.354 e. The maximum atomic E-state index is 12.2. The highest BCUT2D eigenvalue weighted by Crippen LogP contribution is 2.20. The minimum absolute atomic E-state index is 0.248. The van der Waals surface area contributed by atoms with E-state index in [4.69, 9.17) is 0 Å². The monoisotopic (exact) mass is 348 g/mol. The Morgan fingerprint density at radius 2 is 2.14 bits per heavy atom. The lowest BCUT2D eigenvalue weighted by molar-refractivity contribution is 0.102. The maximum Gasteiger partial charge on any atom is 0.274 e. The van der Waals surface area contributed by atoms with Crippen LogP contribution in [0, 0.1) is 6.92 Å². The number of aryl methyl sites for hydroxylation is 1. The Morgan fingerprint density at radius 1 is 1.33 bits per heavy atom. The van der Waals surface area contributed by atoms with E-state index in [0.29, 0.717) is 11.6 Å². The van der Waals surface area contributed by atoms with E-state index in [-0.39, 0.29) is 5.91 Å². The highest BCUT2D eigenvalue weighted by atomic mass is 79.9. The van der Waals surface area contributed by atoms with Crippen molar-refractivity contribution < 1.29 is 4.79 Å². The summed E-state index contributed by atoms with van der Waals surface area (Å²) in [5.41, 5.74) is 2.09. The Labute approximate surface area is 132 Å². The van der Waals surface area contributed by atoms with Crippen molar-refractivity contribution in [3.8, 4) is 0 Å². The first-order valence-electron chi connectivity index (χ1n) is 6.74. The number of carbonyl (C=O) groups is 1. The molecule has 2 N–H and O–H groups in total. The average Bonchev–Trinajstić information content (AvgIpc) is 2.48. The molecular formula is C15H17BrN4O. The fourth-order valence-corrected chi connectivity index (χ4v) is 2.24. The molecule has 0 aliphatic heterocycles. The quantitative estimate of drug-likeness (QED) is 0.865. The van der Waals surface area contributed by atoms with E-state index in [0.717, 1.165) is 28.7 Å². The van der Waals surface area contributed by atoms with Crippen LogP contribution >= 0.6 is 15.9 Å². The first-order chi connectivity index (χ1) is 10.1. The van der Waals surface area contributed by atoms with Crippen LogP contribution in [0.15, 0.2) is 34.9 Å². The first-order valence-corrected chi connectivity index (χ1v) is 7.54. The Hall–Kier alpha value is -1.95. The molecule has 0 aliphatic carbocycles. The molecule has 0 radical (unpaired) electrons. The topological polar surface area (TPSA) is 66.9 Å². The van der Waals surface area contributed by atoms with E-state index in [1.165, 1.54) is 0 Å². The van der Waals surface area contributed by atoms with Gasteiger partial charge < -0.3 is 10.6 Å². The van der Waals surface area contributed by atoms with Crippen LogP contribution in [0.4, 0.5) is 11.6 Å². The van der Waals surface area contributed by atoms with E-state index in [1.54, 1.807) is 12.3 Å². The van der Waals surface area contributed by atoms with Crippen LogP contribution in [0.25, 0.3) is 0 Å². The van der Waals surface area contributed by atoms with E-state index in [2.05, 4.69) is 43.5 Å². The molecule has 0 unspecified atom stereocenters. The second-order valence-electron chi connectivity index (χ2n) is 4.61. The van der Waals surface area contributed by atoms with Crippen molar-refractivity contribution >= 4 is 33.5 Å². The van der Waals surface area contributed by atoms with Gasteiger partial charge in [-0.1, -0.05) is 22.9 Å². The van der Waals surface area contributed by atoms with E-state index >= 15 is 0 Å². The predicted octanol–water partition coefficient (Wildman–Crippen LogP) is 3.62. The zero-order chi connectivity index (χ0) is 15.2. The number of nitrogens with zero attached hydrogens (tertiary/aromatic N) is 2. The van der Waals surface area contributed by atoms with Crippen LogP contribution in [0.2, 0.25) is 0 Å². The lowest BCUT2D eigenvalue weighted by Gasteiger charge is -2.09. The van der Waals surface area contributed by atoms with Crippen molar-refractivity contribution in [2.24, 2.45) is 0 Å². The summed E-state index contributed by atoms with van der Waals surface area (Å²) in [5.74, 6) is 0.222. The predicted molar refractivity (Wildman–Crippen MR) is 87.6 cm³/mol. The summed E-state index contributed by atoms with van der Waals surface area (Å²) >= 11 is 3.40. The number of nitrogens with one attached hydrogen (secondary N) is 2. The number of anilines is 2. The van der Waals surface area contributed by atoms with Crippen molar-refractivity contribution in [1.29, 1.82) is 0 Å². The number of amides is 1. The summed E-state index contributed by atoms with van der Waals surface area (Å²) < 4.78 is 0.978.